The van der Waals surface area contributed by atoms with Crippen LogP contribution in [0.4, 0.5) is 0 Å². The summed E-state index contributed by atoms with van der Waals surface area (Å²) in [6, 6.07) is 0.521. The molecular formula is C19H36N2O. The molecule has 0 spiro atoms. The van der Waals surface area contributed by atoms with Gasteiger partial charge in [-0.25, -0.2) is 0 Å². The molecule has 2 aliphatic rings. The van der Waals surface area contributed by atoms with Gasteiger partial charge >= 0.3 is 0 Å². The number of carbonyl (C=O) groups excluding carboxylic acids is 1. The number of piperidine rings is 1. The summed E-state index contributed by atoms with van der Waals surface area (Å²) in [4.78, 5) is 14.3. The molecule has 2 atom stereocenters. The molecule has 0 aromatic heterocycles. The molecule has 1 aliphatic heterocycles. The molecular weight excluding hydrogens is 272 g/mol. The zero-order valence-corrected chi connectivity index (χ0v) is 14.8. The van der Waals surface area contributed by atoms with Crippen LogP contribution < -0.4 is 5.32 Å². The quantitative estimate of drug-likeness (QED) is 0.771. The lowest BCUT2D eigenvalue weighted by Gasteiger charge is -2.39. The van der Waals surface area contributed by atoms with Crippen LogP contribution in [-0.4, -0.2) is 36.5 Å². The van der Waals surface area contributed by atoms with E-state index in [4.69, 9.17) is 0 Å². The molecule has 1 heterocycles. The molecule has 1 aliphatic carbocycles. The van der Waals surface area contributed by atoms with Gasteiger partial charge in [-0.1, -0.05) is 46.0 Å². The molecule has 1 saturated heterocycles. The number of hydrogen-bond acceptors (Lipinski definition) is 2. The Hall–Kier alpha value is -0.570. The summed E-state index contributed by atoms with van der Waals surface area (Å²) in [5, 5.41) is 3.81. The molecule has 1 amide bonds. The zero-order chi connectivity index (χ0) is 15.8. The summed E-state index contributed by atoms with van der Waals surface area (Å²) in [5.41, 5.74) is 0. The monoisotopic (exact) mass is 308 g/mol. The first-order valence-electron chi connectivity index (χ1n) is 9.74. The summed E-state index contributed by atoms with van der Waals surface area (Å²) in [6.45, 7) is 7.34. The van der Waals surface area contributed by atoms with Crippen LogP contribution in [0.1, 0.15) is 78.1 Å². The van der Waals surface area contributed by atoms with Crippen LogP contribution in [0.2, 0.25) is 0 Å². The maximum Gasteiger partial charge on any atom is 0.222 e. The topological polar surface area (TPSA) is 32.3 Å². The predicted molar refractivity (Wildman–Crippen MR) is 92.9 cm³/mol. The second-order valence-electron chi connectivity index (χ2n) is 7.51. The molecule has 0 aromatic carbocycles. The molecule has 22 heavy (non-hydrogen) atoms. The highest BCUT2D eigenvalue weighted by Gasteiger charge is 2.29. The van der Waals surface area contributed by atoms with Crippen LogP contribution in [0, 0.1) is 11.8 Å². The van der Waals surface area contributed by atoms with E-state index in [1.807, 2.05) is 6.92 Å². The average Bonchev–Trinajstić information content (AvgIpc) is 2.58. The number of nitrogens with one attached hydrogen (secondary N) is 1. The van der Waals surface area contributed by atoms with E-state index in [0.717, 1.165) is 19.0 Å². The van der Waals surface area contributed by atoms with E-state index in [0.29, 0.717) is 24.3 Å². The van der Waals surface area contributed by atoms with Crippen molar-refractivity contribution in [1.82, 2.24) is 10.2 Å². The SMILES string of the molecule is CCCCC1CC(NCC2CCCCC2)CN(C(=O)CC)C1. The van der Waals surface area contributed by atoms with Gasteiger partial charge in [-0.15, -0.1) is 0 Å². The summed E-state index contributed by atoms with van der Waals surface area (Å²) in [5.74, 6) is 1.92. The molecule has 3 heteroatoms. The Morgan fingerprint density at radius 1 is 1.09 bits per heavy atom. The Labute approximate surface area is 137 Å². The normalized spacial score (nSPS) is 27.1. The Bertz CT molecular complexity index is 325. The fourth-order valence-electron chi connectivity index (χ4n) is 4.21. The standard InChI is InChI=1S/C19H36N2O/c1-3-5-9-17-12-18(15-21(14-17)19(22)4-2)20-13-16-10-7-6-8-11-16/h16-18,20H,3-15H2,1-2H3. The first-order valence-corrected chi connectivity index (χ1v) is 9.74. The highest BCUT2D eigenvalue weighted by Crippen LogP contribution is 2.25. The lowest BCUT2D eigenvalue weighted by atomic mass is 9.87. The first-order chi connectivity index (χ1) is 10.7. The number of likely N-dealkylation sites (tertiary alicyclic amines) is 1. The average molecular weight is 309 g/mol. The van der Waals surface area contributed by atoms with Crippen LogP contribution in [0.5, 0.6) is 0 Å². The Morgan fingerprint density at radius 2 is 1.86 bits per heavy atom. The maximum absolute atomic E-state index is 12.1. The molecule has 3 nitrogen and oxygen atoms in total. The minimum atomic E-state index is 0.339. The van der Waals surface area contributed by atoms with E-state index >= 15 is 0 Å². The van der Waals surface area contributed by atoms with E-state index in [1.54, 1.807) is 0 Å². The van der Waals surface area contributed by atoms with Gasteiger partial charge in [0, 0.05) is 25.6 Å². The molecule has 128 valence electrons. The minimum Gasteiger partial charge on any atom is -0.341 e. The predicted octanol–water partition coefficient (Wildman–Crippen LogP) is 3.97. The third-order valence-electron chi connectivity index (χ3n) is 5.58. The van der Waals surface area contributed by atoms with Crippen molar-refractivity contribution in [3.63, 3.8) is 0 Å². The number of rotatable bonds is 7. The Balaban J connectivity index is 1.82. The second kappa shape index (κ2) is 9.54. The van der Waals surface area contributed by atoms with Gasteiger partial charge in [0.25, 0.3) is 0 Å². The van der Waals surface area contributed by atoms with Crippen molar-refractivity contribution in [2.24, 2.45) is 11.8 Å². The maximum atomic E-state index is 12.1. The highest BCUT2D eigenvalue weighted by molar-refractivity contribution is 5.76. The van der Waals surface area contributed by atoms with Gasteiger partial charge in [0.1, 0.15) is 0 Å². The fraction of sp³-hybridized carbons (Fsp3) is 0.947. The minimum absolute atomic E-state index is 0.339. The van der Waals surface area contributed by atoms with Crippen molar-refractivity contribution in [2.45, 2.75) is 84.1 Å². The molecule has 2 unspecified atom stereocenters. The van der Waals surface area contributed by atoms with Crippen molar-refractivity contribution >= 4 is 5.91 Å². The Morgan fingerprint density at radius 3 is 2.55 bits per heavy atom. The van der Waals surface area contributed by atoms with Gasteiger partial charge in [0.05, 0.1) is 0 Å². The van der Waals surface area contributed by atoms with E-state index in [-0.39, 0.29) is 0 Å². The van der Waals surface area contributed by atoms with E-state index in [1.165, 1.54) is 64.3 Å². The number of nitrogens with zero attached hydrogens (tertiary/aromatic N) is 1. The lowest BCUT2D eigenvalue weighted by molar-refractivity contribution is -0.133. The van der Waals surface area contributed by atoms with Crippen LogP contribution in [0.3, 0.4) is 0 Å². The molecule has 1 N–H and O–H groups in total. The van der Waals surface area contributed by atoms with Gasteiger partial charge in [0.15, 0.2) is 0 Å². The van der Waals surface area contributed by atoms with E-state index in [2.05, 4.69) is 17.1 Å². The summed E-state index contributed by atoms with van der Waals surface area (Å²) in [6.07, 6.45) is 12.8. The van der Waals surface area contributed by atoms with Gasteiger partial charge in [-0.05, 0) is 44.1 Å². The van der Waals surface area contributed by atoms with Crippen molar-refractivity contribution in [3.8, 4) is 0 Å². The Kier molecular flexibility index (Phi) is 7.71. The first kappa shape index (κ1) is 17.8. The number of amides is 1. The van der Waals surface area contributed by atoms with Gasteiger partial charge in [-0.2, -0.15) is 0 Å². The molecule has 2 rings (SSSR count). The molecule has 0 bridgehead atoms. The molecule has 0 radical (unpaired) electrons. The molecule has 2 fully saturated rings. The van der Waals surface area contributed by atoms with Gasteiger partial charge in [-0.3, -0.25) is 4.79 Å². The number of hydrogen-bond donors (Lipinski definition) is 1. The largest absolute Gasteiger partial charge is 0.341 e. The van der Waals surface area contributed by atoms with Crippen molar-refractivity contribution in [2.75, 3.05) is 19.6 Å². The molecule has 0 aromatic rings. The second-order valence-corrected chi connectivity index (χ2v) is 7.51. The van der Waals surface area contributed by atoms with Crippen molar-refractivity contribution in [1.29, 1.82) is 0 Å². The number of unbranched alkanes of at least 4 members (excludes halogenated alkanes) is 1. The third kappa shape index (κ3) is 5.57. The molecule has 1 saturated carbocycles. The van der Waals surface area contributed by atoms with Crippen molar-refractivity contribution in [3.05, 3.63) is 0 Å². The van der Waals surface area contributed by atoms with E-state index < -0.39 is 0 Å². The fourth-order valence-corrected chi connectivity index (χ4v) is 4.21. The van der Waals surface area contributed by atoms with Crippen LogP contribution in [0.15, 0.2) is 0 Å². The van der Waals surface area contributed by atoms with Gasteiger partial charge < -0.3 is 10.2 Å². The third-order valence-corrected chi connectivity index (χ3v) is 5.58. The summed E-state index contributed by atoms with van der Waals surface area (Å²) < 4.78 is 0. The number of carbonyl (C=O) groups is 1. The van der Waals surface area contributed by atoms with E-state index in [9.17, 15) is 4.79 Å². The zero-order valence-electron chi connectivity index (χ0n) is 14.8. The van der Waals surface area contributed by atoms with Crippen LogP contribution in [-0.2, 0) is 4.79 Å². The summed E-state index contributed by atoms with van der Waals surface area (Å²) >= 11 is 0. The van der Waals surface area contributed by atoms with Crippen LogP contribution in [0.25, 0.3) is 0 Å². The lowest BCUT2D eigenvalue weighted by Crippen LogP contribution is -2.52. The van der Waals surface area contributed by atoms with Crippen molar-refractivity contribution < 1.29 is 4.79 Å². The highest BCUT2D eigenvalue weighted by atomic mass is 16.2. The summed E-state index contributed by atoms with van der Waals surface area (Å²) in [7, 11) is 0. The van der Waals surface area contributed by atoms with Crippen LogP contribution >= 0.6 is 0 Å². The van der Waals surface area contributed by atoms with Gasteiger partial charge in [0.2, 0.25) is 5.91 Å². The smallest absolute Gasteiger partial charge is 0.222 e.